The van der Waals surface area contributed by atoms with E-state index in [1.807, 2.05) is 0 Å². The van der Waals surface area contributed by atoms with Crippen molar-refractivity contribution < 1.29 is 4.74 Å². The first-order valence-corrected chi connectivity index (χ1v) is 7.33. The normalized spacial score (nSPS) is 33.0. The molecule has 0 radical (unpaired) electrons. The van der Waals surface area contributed by atoms with Crippen LogP contribution < -0.4 is 5.32 Å². The smallest absolute Gasteiger partial charge is 0.0702 e. The molecule has 3 nitrogen and oxygen atoms in total. The van der Waals surface area contributed by atoms with Gasteiger partial charge in [-0.15, -0.1) is 0 Å². The van der Waals surface area contributed by atoms with E-state index in [0.717, 1.165) is 25.1 Å². The SMILES string of the molecule is CCCNCC1CCC1N(C)CC1CCCO1. The minimum Gasteiger partial charge on any atom is -0.377 e. The lowest BCUT2D eigenvalue weighted by atomic mass is 9.78. The fourth-order valence-corrected chi connectivity index (χ4v) is 3.08. The van der Waals surface area contributed by atoms with Gasteiger partial charge >= 0.3 is 0 Å². The molecule has 3 unspecified atom stereocenters. The molecule has 0 aromatic carbocycles. The molecule has 2 rings (SSSR count). The number of rotatable bonds is 7. The number of hydrogen-bond acceptors (Lipinski definition) is 3. The van der Waals surface area contributed by atoms with Crippen LogP contribution in [0.5, 0.6) is 0 Å². The Labute approximate surface area is 106 Å². The third-order valence-corrected chi connectivity index (χ3v) is 4.29. The zero-order valence-electron chi connectivity index (χ0n) is 11.5. The molecule has 1 heterocycles. The van der Waals surface area contributed by atoms with Gasteiger partial charge in [-0.3, -0.25) is 0 Å². The minimum atomic E-state index is 0.504. The molecule has 0 spiro atoms. The van der Waals surface area contributed by atoms with Crippen molar-refractivity contribution in [3.05, 3.63) is 0 Å². The van der Waals surface area contributed by atoms with Gasteiger partial charge in [0.2, 0.25) is 0 Å². The Kier molecular flexibility index (Phi) is 5.26. The van der Waals surface area contributed by atoms with E-state index >= 15 is 0 Å². The second kappa shape index (κ2) is 6.72. The van der Waals surface area contributed by atoms with Crippen LogP contribution >= 0.6 is 0 Å². The second-order valence-electron chi connectivity index (χ2n) is 5.68. The van der Waals surface area contributed by atoms with E-state index in [4.69, 9.17) is 4.74 Å². The Balaban J connectivity index is 1.66. The number of nitrogens with one attached hydrogen (secondary N) is 1. The Hall–Kier alpha value is -0.120. The zero-order valence-corrected chi connectivity index (χ0v) is 11.5. The standard InChI is InChI=1S/C14H28N2O/c1-3-8-15-10-12-6-7-14(12)16(2)11-13-5-4-9-17-13/h12-15H,3-11H2,1-2H3. The largest absolute Gasteiger partial charge is 0.377 e. The average molecular weight is 240 g/mol. The van der Waals surface area contributed by atoms with E-state index in [9.17, 15) is 0 Å². The summed E-state index contributed by atoms with van der Waals surface area (Å²) < 4.78 is 5.72. The Bertz CT molecular complexity index is 216. The van der Waals surface area contributed by atoms with Crippen LogP contribution in [0.2, 0.25) is 0 Å². The van der Waals surface area contributed by atoms with Crippen molar-refractivity contribution in [2.24, 2.45) is 5.92 Å². The van der Waals surface area contributed by atoms with Crippen LogP contribution in [0.1, 0.15) is 39.0 Å². The zero-order chi connectivity index (χ0) is 12.1. The summed E-state index contributed by atoms with van der Waals surface area (Å²) in [5.41, 5.74) is 0. The molecule has 1 N–H and O–H groups in total. The Morgan fingerprint density at radius 3 is 2.76 bits per heavy atom. The Morgan fingerprint density at radius 1 is 1.29 bits per heavy atom. The van der Waals surface area contributed by atoms with Gasteiger partial charge in [-0.2, -0.15) is 0 Å². The summed E-state index contributed by atoms with van der Waals surface area (Å²) in [5, 5.41) is 3.56. The van der Waals surface area contributed by atoms with E-state index in [-0.39, 0.29) is 0 Å². The average Bonchev–Trinajstić information content (AvgIpc) is 2.75. The maximum Gasteiger partial charge on any atom is 0.0702 e. The molecular weight excluding hydrogens is 212 g/mol. The maximum absolute atomic E-state index is 5.72. The molecule has 0 bridgehead atoms. The predicted molar refractivity (Wildman–Crippen MR) is 71.3 cm³/mol. The van der Waals surface area contributed by atoms with Crippen molar-refractivity contribution in [3.63, 3.8) is 0 Å². The topological polar surface area (TPSA) is 24.5 Å². The summed E-state index contributed by atoms with van der Waals surface area (Å²) in [4.78, 5) is 2.54. The van der Waals surface area contributed by atoms with Crippen LogP contribution in [0, 0.1) is 5.92 Å². The summed E-state index contributed by atoms with van der Waals surface area (Å²) in [5.74, 6) is 0.868. The molecule has 0 aromatic heterocycles. The van der Waals surface area contributed by atoms with E-state index in [1.165, 1.54) is 45.2 Å². The maximum atomic E-state index is 5.72. The van der Waals surface area contributed by atoms with E-state index in [1.54, 1.807) is 0 Å². The summed E-state index contributed by atoms with van der Waals surface area (Å²) in [6.07, 6.45) is 7.03. The lowest BCUT2D eigenvalue weighted by Crippen LogP contribution is -2.50. The van der Waals surface area contributed by atoms with Crippen molar-refractivity contribution in [1.29, 1.82) is 0 Å². The number of likely N-dealkylation sites (N-methyl/N-ethyl adjacent to an activating group) is 1. The van der Waals surface area contributed by atoms with Gasteiger partial charge in [0.1, 0.15) is 0 Å². The van der Waals surface area contributed by atoms with Gasteiger partial charge in [-0.1, -0.05) is 6.92 Å². The molecule has 0 amide bonds. The van der Waals surface area contributed by atoms with E-state index in [2.05, 4.69) is 24.2 Å². The van der Waals surface area contributed by atoms with Gasteiger partial charge in [-0.05, 0) is 58.2 Å². The minimum absolute atomic E-state index is 0.504. The van der Waals surface area contributed by atoms with Crippen LogP contribution in [0.15, 0.2) is 0 Å². The van der Waals surface area contributed by atoms with Crippen molar-refractivity contribution in [2.45, 2.75) is 51.2 Å². The first-order chi connectivity index (χ1) is 8.31. The van der Waals surface area contributed by atoms with Crippen molar-refractivity contribution in [1.82, 2.24) is 10.2 Å². The fourth-order valence-electron chi connectivity index (χ4n) is 3.08. The molecule has 3 heteroatoms. The molecule has 3 atom stereocenters. The van der Waals surface area contributed by atoms with E-state index < -0.39 is 0 Å². The summed E-state index contributed by atoms with van der Waals surface area (Å²) >= 11 is 0. The molecule has 2 aliphatic rings. The quantitative estimate of drug-likeness (QED) is 0.688. The lowest BCUT2D eigenvalue weighted by Gasteiger charge is -2.43. The second-order valence-corrected chi connectivity index (χ2v) is 5.68. The number of ether oxygens (including phenoxy) is 1. The molecule has 1 aliphatic carbocycles. The van der Waals surface area contributed by atoms with Crippen molar-refractivity contribution in [2.75, 3.05) is 33.3 Å². The highest BCUT2D eigenvalue weighted by Gasteiger charge is 2.34. The highest BCUT2D eigenvalue weighted by atomic mass is 16.5. The summed E-state index contributed by atoms with van der Waals surface area (Å²) in [7, 11) is 2.28. The van der Waals surface area contributed by atoms with Crippen molar-refractivity contribution in [3.8, 4) is 0 Å². The summed E-state index contributed by atoms with van der Waals surface area (Å²) in [6, 6.07) is 0.795. The lowest BCUT2D eigenvalue weighted by molar-refractivity contribution is 0.0262. The van der Waals surface area contributed by atoms with Gasteiger partial charge in [0.25, 0.3) is 0 Å². The Morgan fingerprint density at radius 2 is 2.18 bits per heavy atom. The van der Waals surface area contributed by atoms with Crippen LogP contribution in [-0.2, 0) is 4.74 Å². The predicted octanol–water partition coefficient (Wildman–Crippen LogP) is 1.88. The molecule has 17 heavy (non-hydrogen) atoms. The summed E-state index contributed by atoms with van der Waals surface area (Å²) in [6.45, 7) is 6.71. The van der Waals surface area contributed by atoms with Gasteiger partial charge in [0, 0.05) is 19.2 Å². The van der Waals surface area contributed by atoms with Crippen LogP contribution in [-0.4, -0.2) is 50.3 Å². The molecule has 1 aliphatic heterocycles. The third kappa shape index (κ3) is 3.67. The first kappa shape index (κ1) is 13.3. The fraction of sp³-hybridized carbons (Fsp3) is 1.00. The first-order valence-electron chi connectivity index (χ1n) is 7.33. The number of hydrogen-bond donors (Lipinski definition) is 1. The number of nitrogens with zero attached hydrogens (tertiary/aromatic N) is 1. The van der Waals surface area contributed by atoms with Gasteiger partial charge in [-0.25, -0.2) is 0 Å². The monoisotopic (exact) mass is 240 g/mol. The van der Waals surface area contributed by atoms with Crippen LogP contribution in [0.3, 0.4) is 0 Å². The molecule has 1 saturated carbocycles. The van der Waals surface area contributed by atoms with Crippen LogP contribution in [0.25, 0.3) is 0 Å². The van der Waals surface area contributed by atoms with Crippen LogP contribution in [0.4, 0.5) is 0 Å². The molecule has 2 fully saturated rings. The van der Waals surface area contributed by atoms with E-state index in [0.29, 0.717) is 6.10 Å². The van der Waals surface area contributed by atoms with Gasteiger partial charge < -0.3 is 15.0 Å². The molecule has 0 aromatic rings. The van der Waals surface area contributed by atoms with Gasteiger partial charge in [0.05, 0.1) is 6.10 Å². The highest BCUT2D eigenvalue weighted by molar-refractivity contribution is 4.89. The van der Waals surface area contributed by atoms with Gasteiger partial charge in [0.15, 0.2) is 0 Å². The third-order valence-electron chi connectivity index (χ3n) is 4.29. The molecular formula is C14H28N2O. The highest BCUT2D eigenvalue weighted by Crippen LogP contribution is 2.31. The molecule has 1 saturated heterocycles. The molecule has 100 valence electrons. The van der Waals surface area contributed by atoms with Crippen molar-refractivity contribution >= 4 is 0 Å².